The number of benzene rings is 2. The van der Waals surface area contributed by atoms with E-state index < -0.39 is 8.32 Å². The van der Waals surface area contributed by atoms with E-state index in [2.05, 4.69) is 43.7 Å². The molecule has 2 heterocycles. The molecule has 1 atom stereocenters. The predicted octanol–water partition coefficient (Wildman–Crippen LogP) is 5.95. The van der Waals surface area contributed by atoms with Gasteiger partial charge in [0, 0.05) is 42.7 Å². The van der Waals surface area contributed by atoms with Crippen LogP contribution in [-0.2, 0) is 14.0 Å². The van der Waals surface area contributed by atoms with E-state index in [-0.39, 0.29) is 17.0 Å². The lowest BCUT2D eigenvalue weighted by Crippen LogP contribution is -2.42. The maximum atomic E-state index is 12.4. The zero-order valence-electron chi connectivity index (χ0n) is 25.0. The van der Waals surface area contributed by atoms with E-state index in [1.807, 2.05) is 41.3 Å². The summed E-state index contributed by atoms with van der Waals surface area (Å²) in [6.07, 6.45) is 3.38. The molecule has 0 spiro atoms. The molecule has 0 amide bonds. The summed E-state index contributed by atoms with van der Waals surface area (Å²) < 4.78 is 22.7. The van der Waals surface area contributed by atoms with E-state index in [9.17, 15) is 4.79 Å². The van der Waals surface area contributed by atoms with Crippen LogP contribution in [0.4, 0.5) is 17.2 Å². The van der Waals surface area contributed by atoms with Gasteiger partial charge >= 0.3 is 5.97 Å². The zero-order valence-corrected chi connectivity index (χ0v) is 26.0. The highest BCUT2D eigenvalue weighted by Crippen LogP contribution is 2.38. The molecule has 9 nitrogen and oxygen atoms in total. The summed E-state index contributed by atoms with van der Waals surface area (Å²) in [5.41, 5.74) is 3.39. The van der Waals surface area contributed by atoms with Crippen LogP contribution in [0.2, 0.25) is 18.1 Å². The van der Waals surface area contributed by atoms with Gasteiger partial charge in [-0.3, -0.25) is 4.98 Å². The summed E-state index contributed by atoms with van der Waals surface area (Å²) in [4.78, 5) is 26.1. The Balaban J connectivity index is 1.72. The Hall–Kier alpha value is -3.37. The summed E-state index contributed by atoms with van der Waals surface area (Å²) in [6, 6.07) is 11.6. The first-order valence-corrected chi connectivity index (χ1v) is 16.6. The lowest BCUT2D eigenvalue weighted by Gasteiger charge is -2.37. The summed E-state index contributed by atoms with van der Waals surface area (Å²) in [7, 11) is 2.79. The summed E-state index contributed by atoms with van der Waals surface area (Å²) in [6.45, 7) is 13.2. The van der Waals surface area contributed by atoms with Crippen LogP contribution in [0.15, 0.2) is 42.6 Å². The number of carbonyl (C=O) groups excluding carboxylic acids is 1. The molecule has 2 aromatic carbocycles. The Morgan fingerprint density at radius 2 is 1.73 bits per heavy atom. The average Bonchev–Trinajstić information content (AvgIpc) is 3.43. The standard InChI is InChI=1S/C30H42N4O5Si/c1-30(2,3)40(7,8)39-15-14-33(22-16-23(36-4)19-24(17-22)37-5)21-11-12-25-26(18-21)32-28(20-31-25)34-13-9-10-27(34)29(35)38-6/h11-12,16-20,27H,9-10,13-15H2,1-8H3. The Morgan fingerprint density at radius 3 is 2.35 bits per heavy atom. The number of anilines is 3. The van der Waals surface area contributed by atoms with Crippen LogP contribution in [0.3, 0.4) is 0 Å². The van der Waals surface area contributed by atoms with Crippen molar-refractivity contribution >= 4 is 42.5 Å². The third-order valence-electron chi connectivity index (χ3n) is 8.08. The largest absolute Gasteiger partial charge is 0.497 e. The number of fused-ring (bicyclic) bond motifs is 1. The quantitative estimate of drug-likeness (QED) is 0.218. The van der Waals surface area contributed by atoms with E-state index in [4.69, 9.17) is 23.6 Å². The van der Waals surface area contributed by atoms with Gasteiger partial charge in [0.2, 0.25) is 0 Å². The van der Waals surface area contributed by atoms with Gasteiger partial charge < -0.3 is 28.4 Å². The summed E-state index contributed by atoms with van der Waals surface area (Å²) in [5.74, 6) is 1.84. The first-order chi connectivity index (χ1) is 19.0. The highest BCUT2D eigenvalue weighted by molar-refractivity contribution is 6.74. The van der Waals surface area contributed by atoms with Crippen molar-refractivity contribution in [3.05, 3.63) is 42.6 Å². The number of esters is 1. The highest BCUT2D eigenvalue weighted by atomic mass is 28.4. The van der Waals surface area contributed by atoms with Crippen molar-refractivity contribution in [3.63, 3.8) is 0 Å². The van der Waals surface area contributed by atoms with Crippen LogP contribution in [-0.4, -0.2) is 71.3 Å². The first kappa shape index (κ1) is 29.6. The van der Waals surface area contributed by atoms with Crippen LogP contribution in [0.1, 0.15) is 33.6 Å². The van der Waals surface area contributed by atoms with E-state index in [1.54, 1.807) is 20.4 Å². The molecule has 0 radical (unpaired) electrons. The second-order valence-corrected chi connectivity index (χ2v) is 16.4. The molecule has 1 fully saturated rings. The lowest BCUT2D eigenvalue weighted by molar-refractivity contribution is -0.141. The number of aromatic nitrogens is 2. The molecule has 3 aromatic rings. The monoisotopic (exact) mass is 566 g/mol. The second-order valence-electron chi connectivity index (χ2n) is 11.6. The van der Waals surface area contributed by atoms with Crippen LogP contribution in [0, 0.1) is 0 Å². The SMILES string of the molecule is COC(=O)C1CCCN1c1cnc2ccc(N(CCO[Si](C)(C)C(C)(C)C)c3cc(OC)cc(OC)c3)cc2n1. The van der Waals surface area contributed by atoms with Crippen molar-refractivity contribution in [3.8, 4) is 11.5 Å². The minimum Gasteiger partial charge on any atom is -0.497 e. The van der Waals surface area contributed by atoms with Crippen molar-refractivity contribution in [1.29, 1.82) is 0 Å². The third-order valence-corrected chi connectivity index (χ3v) is 12.6. The number of nitrogens with zero attached hydrogens (tertiary/aromatic N) is 4. The lowest BCUT2D eigenvalue weighted by atomic mass is 10.2. The summed E-state index contributed by atoms with van der Waals surface area (Å²) >= 11 is 0. The van der Waals surface area contributed by atoms with Gasteiger partial charge in [-0.05, 0) is 49.2 Å². The van der Waals surface area contributed by atoms with Gasteiger partial charge in [-0.1, -0.05) is 20.8 Å². The van der Waals surface area contributed by atoms with Gasteiger partial charge in [0.15, 0.2) is 8.32 Å². The van der Waals surface area contributed by atoms with Crippen molar-refractivity contribution < 1.29 is 23.4 Å². The van der Waals surface area contributed by atoms with Crippen molar-refractivity contribution in [2.45, 2.75) is 57.8 Å². The molecule has 1 unspecified atom stereocenters. The minimum absolute atomic E-state index is 0.115. The van der Waals surface area contributed by atoms with Crippen molar-refractivity contribution in [1.82, 2.24) is 9.97 Å². The van der Waals surface area contributed by atoms with Crippen LogP contribution < -0.4 is 19.3 Å². The van der Waals surface area contributed by atoms with Crippen LogP contribution in [0.5, 0.6) is 11.5 Å². The number of hydrogen-bond acceptors (Lipinski definition) is 9. The molecule has 0 bridgehead atoms. The third kappa shape index (κ3) is 6.33. The predicted molar refractivity (Wildman–Crippen MR) is 162 cm³/mol. The molecule has 40 heavy (non-hydrogen) atoms. The molecule has 1 aliphatic heterocycles. The molecular weight excluding hydrogens is 524 g/mol. The second kappa shape index (κ2) is 12.0. The average molecular weight is 567 g/mol. The molecule has 0 N–H and O–H groups in total. The zero-order chi connectivity index (χ0) is 29.1. The topological polar surface area (TPSA) is 86.3 Å². The van der Waals surface area contributed by atoms with E-state index in [0.29, 0.717) is 30.5 Å². The molecule has 4 rings (SSSR count). The van der Waals surface area contributed by atoms with E-state index in [0.717, 1.165) is 41.8 Å². The van der Waals surface area contributed by atoms with Crippen molar-refractivity contribution in [2.24, 2.45) is 0 Å². The van der Waals surface area contributed by atoms with Gasteiger partial charge in [0.1, 0.15) is 23.4 Å². The molecule has 1 aliphatic rings. The number of hydrogen-bond donors (Lipinski definition) is 0. The molecule has 216 valence electrons. The van der Waals surface area contributed by atoms with E-state index in [1.165, 1.54) is 7.11 Å². The number of methoxy groups -OCH3 is 3. The number of ether oxygens (including phenoxy) is 3. The molecule has 0 saturated carbocycles. The molecular formula is C30H42N4O5Si. The molecule has 0 aliphatic carbocycles. The fourth-order valence-electron chi connectivity index (χ4n) is 4.68. The Bertz CT molecular complexity index is 1320. The smallest absolute Gasteiger partial charge is 0.328 e. The van der Waals surface area contributed by atoms with Gasteiger partial charge in [0.25, 0.3) is 0 Å². The highest BCUT2D eigenvalue weighted by Gasteiger charge is 2.37. The van der Waals surface area contributed by atoms with Crippen LogP contribution >= 0.6 is 0 Å². The molecule has 10 heteroatoms. The van der Waals surface area contributed by atoms with E-state index >= 15 is 0 Å². The van der Waals surface area contributed by atoms with Gasteiger partial charge in [0.05, 0.1) is 45.2 Å². The maximum Gasteiger partial charge on any atom is 0.328 e. The Kier molecular flexibility index (Phi) is 8.89. The van der Waals surface area contributed by atoms with Crippen molar-refractivity contribution in [2.75, 3.05) is 50.8 Å². The number of rotatable bonds is 10. The fraction of sp³-hybridized carbons (Fsp3) is 0.500. The van der Waals surface area contributed by atoms with Gasteiger partial charge in [-0.2, -0.15) is 0 Å². The minimum atomic E-state index is -1.94. The molecule has 1 aromatic heterocycles. The Labute approximate surface area is 238 Å². The van der Waals surface area contributed by atoms with Gasteiger partial charge in [-0.15, -0.1) is 0 Å². The first-order valence-electron chi connectivity index (χ1n) is 13.7. The molecule has 1 saturated heterocycles. The normalized spacial score (nSPS) is 15.8. The summed E-state index contributed by atoms with van der Waals surface area (Å²) in [5, 5.41) is 0.115. The fourth-order valence-corrected chi connectivity index (χ4v) is 5.72. The maximum absolute atomic E-state index is 12.4. The number of carbonyl (C=O) groups is 1. The van der Waals surface area contributed by atoms with Gasteiger partial charge in [-0.25, -0.2) is 9.78 Å². The van der Waals surface area contributed by atoms with Crippen LogP contribution in [0.25, 0.3) is 11.0 Å². The Morgan fingerprint density at radius 1 is 1.02 bits per heavy atom.